The minimum atomic E-state index is -1.03. The third-order valence-corrected chi connectivity index (χ3v) is 4.99. The zero-order valence-electron chi connectivity index (χ0n) is 17.1. The highest BCUT2D eigenvalue weighted by Gasteiger charge is 2.24. The lowest BCUT2D eigenvalue weighted by atomic mass is 9.89. The summed E-state index contributed by atoms with van der Waals surface area (Å²) in [5, 5.41) is 10.9. The molecule has 2 aromatic rings. The van der Waals surface area contributed by atoms with Crippen molar-refractivity contribution < 1.29 is 14.7 Å². The van der Waals surface area contributed by atoms with Crippen LogP contribution in [0.25, 0.3) is 0 Å². The van der Waals surface area contributed by atoms with Crippen LogP contribution in [0.2, 0.25) is 5.02 Å². The van der Waals surface area contributed by atoms with Crippen LogP contribution in [0.4, 0.5) is 0 Å². The molecule has 1 amide bonds. The molecule has 0 saturated heterocycles. The Morgan fingerprint density at radius 2 is 1.97 bits per heavy atom. The quantitative estimate of drug-likeness (QED) is 0.781. The van der Waals surface area contributed by atoms with Gasteiger partial charge in [-0.05, 0) is 74.8 Å². The van der Waals surface area contributed by atoms with Crippen LogP contribution in [-0.2, 0) is 22.4 Å². The fourth-order valence-electron chi connectivity index (χ4n) is 3.40. The largest absolute Gasteiger partial charge is 0.480 e. The highest BCUT2D eigenvalue weighted by molar-refractivity contribution is 6.30. The third-order valence-electron chi connectivity index (χ3n) is 4.75. The first kappa shape index (κ1) is 22.8. The Morgan fingerprint density at radius 1 is 1.24 bits per heavy atom. The number of carboxylic acid groups (broad SMARTS) is 1. The number of carboxylic acids is 1. The molecule has 2 N–H and O–H groups in total. The first-order chi connectivity index (χ1) is 13.8. The van der Waals surface area contributed by atoms with Crippen molar-refractivity contribution in [3.05, 3.63) is 63.9 Å². The lowest BCUT2D eigenvalue weighted by Gasteiger charge is -2.21. The van der Waals surface area contributed by atoms with Crippen LogP contribution >= 0.6 is 11.6 Å². The van der Waals surface area contributed by atoms with Gasteiger partial charge >= 0.3 is 5.97 Å². The summed E-state index contributed by atoms with van der Waals surface area (Å²) in [6.45, 7) is 2.03. The Hall–Kier alpha value is -2.44. The molecule has 7 heteroatoms. The summed E-state index contributed by atoms with van der Waals surface area (Å²) in [5.74, 6) is -0.981. The summed E-state index contributed by atoms with van der Waals surface area (Å²) < 4.78 is 0. The maximum atomic E-state index is 9.97. The molecule has 1 heterocycles. The number of benzene rings is 1. The molecule has 1 aromatic carbocycles. The first-order valence-corrected chi connectivity index (χ1v) is 9.98. The molecule has 1 aliphatic rings. The SMILES string of the molecule is CC(=O)NCC(=O)O.CN(C)CCC1c2ccc(Cl)cc2CCc2cccnc21. The van der Waals surface area contributed by atoms with Gasteiger partial charge in [0.2, 0.25) is 5.91 Å². The van der Waals surface area contributed by atoms with Crippen molar-refractivity contribution in [2.45, 2.75) is 32.1 Å². The predicted octanol–water partition coefficient (Wildman–Crippen LogP) is 3.12. The van der Waals surface area contributed by atoms with E-state index in [1.165, 1.54) is 29.3 Å². The molecule has 6 nitrogen and oxygen atoms in total. The summed E-state index contributed by atoms with van der Waals surface area (Å²) in [7, 11) is 4.25. The van der Waals surface area contributed by atoms with Crippen LogP contribution < -0.4 is 5.32 Å². The molecule has 0 fully saturated rings. The molecule has 0 bridgehead atoms. The molecule has 1 atom stereocenters. The number of amides is 1. The molecule has 0 spiro atoms. The van der Waals surface area contributed by atoms with Gasteiger partial charge in [0, 0.05) is 24.1 Å². The maximum absolute atomic E-state index is 9.97. The Labute approximate surface area is 176 Å². The normalized spacial score (nSPS) is 14.7. The fraction of sp³-hybridized carbons (Fsp3) is 0.409. The Kier molecular flexibility index (Phi) is 8.61. The molecule has 1 unspecified atom stereocenters. The molecular weight excluding hydrogens is 390 g/mol. The second-order valence-electron chi connectivity index (χ2n) is 7.34. The van der Waals surface area contributed by atoms with Crippen molar-refractivity contribution in [2.75, 3.05) is 27.2 Å². The number of hydrogen-bond donors (Lipinski definition) is 2. The van der Waals surface area contributed by atoms with Crippen molar-refractivity contribution >= 4 is 23.5 Å². The molecule has 1 aromatic heterocycles. The van der Waals surface area contributed by atoms with Crippen molar-refractivity contribution in [3.63, 3.8) is 0 Å². The van der Waals surface area contributed by atoms with Crippen molar-refractivity contribution in [2.24, 2.45) is 0 Å². The molecular formula is C22H28ClN3O3. The van der Waals surface area contributed by atoms with E-state index in [-0.39, 0.29) is 12.5 Å². The number of carbonyl (C=O) groups is 2. The van der Waals surface area contributed by atoms with Gasteiger partial charge < -0.3 is 15.3 Å². The van der Waals surface area contributed by atoms with Crippen LogP contribution in [-0.4, -0.2) is 54.1 Å². The van der Waals surface area contributed by atoms with Crippen LogP contribution in [0.1, 0.15) is 41.6 Å². The van der Waals surface area contributed by atoms with E-state index in [9.17, 15) is 9.59 Å². The zero-order chi connectivity index (χ0) is 21.4. The van der Waals surface area contributed by atoms with E-state index in [0.717, 1.165) is 30.8 Å². The zero-order valence-corrected chi connectivity index (χ0v) is 17.9. The number of pyridine rings is 1. The molecule has 0 saturated carbocycles. The monoisotopic (exact) mass is 417 g/mol. The fourth-order valence-corrected chi connectivity index (χ4v) is 3.60. The average molecular weight is 418 g/mol. The Bertz CT molecular complexity index is 841. The van der Waals surface area contributed by atoms with Gasteiger partial charge in [0.1, 0.15) is 6.54 Å². The minimum Gasteiger partial charge on any atom is -0.480 e. The molecule has 29 heavy (non-hydrogen) atoms. The number of aromatic nitrogens is 1. The van der Waals surface area contributed by atoms with Gasteiger partial charge in [0.05, 0.1) is 5.69 Å². The van der Waals surface area contributed by atoms with Crippen LogP contribution in [0.3, 0.4) is 0 Å². The first-order valence-electron chi connectivity index (χ1n) is 9.61. The van der Waals surface area contributed by atoms with Gasteiger partial charge in [-0.3, -0.25) is 14.6 Å². The highest BCUT2D eigenvalue weighted by atomic mass is 35.5. The third kappa shape index (κ3) is 7.15. The molecule has 156 valence electrons. The van der Waals surface area contributed by atoms with E-state index in [2.05, 4.69) is 42.5 Å². The van der Waals surface area contributed by atoms with Crippen LogP contribution in [0.5, 0.6) is 0 Å². The number of fused-ring (bicyclic) bond motifs is 2. The van der Waals surface area contributed by atoms with Crippen molar-refractivity contribution in [3.8, 4) is 0 Å². The second kappa shape index (κ2) is 10.9. The van der Waals surface area contributed by atoms with Gasteiger partial charge in [-0.1, -0.05) is 23.7 Å². The standard InChI is InChI=1S/C18H21ClN2.C4H7NO3/c1-21(2)11-9-17-16-8-7-15(19)12-14(16)6-5-13-4-3-10-20-18(13)17;1-3(6)5-2-4(7)8/h3-4,7-8,10,12,17H,5-6,9,11H2,1-2H3;2H2,1H3,(H,5,6)(H,7,8). The van der Waals surface area contributed by atoms with Crippen molar-refractivity contribution in [1.82, 2.24) is 15.2 Å². The Balaban J connectivity index is 0.000000321. The molecule has 0 aliphatic heterocycles. The summed E-state index contributed by atoms with van der Waals surface area (Å²) in [6.07, 6.45) is 5.11. The lowest BCUT2D eigenvalue weighted by molar-refractivity contribution is -0.137. The van der Waals surface area contributed by atoms with E-state index in [1.54, 1.807) is 0 Å². The van der Waals surface area contributed by atoms with Crippen LogP contribution in [0, 0.1) is 0 Å². The van der Waals surface area contributed by atoms with E-state index in [0.29, 0.717) is 5.92 Å². The summed E-state index contributed by atoms with van der Waals surface area (Å²) in [4.78, 5) is 26.6. The Morgan fingerprint density at radius 3 is 2.59 bits per heavy atom. The van der Waals surface area contributed by atoms with Crippen molar-refractivity contribution in [1.29, 1.82) is 0 Å². The highest BCUT2D eigenvalue weighted by Crippen LogP contribution is 2.36. The van der Waals surface area contributed by atoms with Crippen LogP contribution in [0.15, 0.2) is 36.5 Å². The summed E-state index contributed by atoms with van der Waals surface area (Å²) in [5.41, 5.74) is 5.41. The summed E-state index contributed by atoms with van der Waals surface area (Å²) >= 11 is 6.19. The number of aliphatic carboxylic acids is 1. The number of aryl methyl sites for hydroxylation is 2. The van der Waals surface area contributed by atoms with Gasteiger partial charge in [0.25, 0.3) is 0 Å². The van der Waals surface area contributed by atoms with E-state index >= 15 is 0 Å². The molecule has 0 radical (unpaired) electrons. The number of nitrogens with one attached hydrogen (secondary N) is 1. The number of halogens is 1. The smallest absolute Gasteiger partial charge is 0.322 e. The van der Waals surface area contributed by atoms with E-state index in [1.807, 2.05) is 18.3 Å². The van der Waals surface area contributed by atoms with Gasteiger partial charge in [0.15, 0.2) is 0 Å². The number of rotatable bonds is 5. The van der Waals surface area contributed by atoms with Gasteiger partial charge in [-0.2, -0.15) is 0 Å². The average Bonchev–Trinajstić information content (AvgIpc) is 2.82. The van der Waals surface area contributed by atoms with E-state index < -0.39 is 5.97 Å². The van der Waals surface area contributed by atoms with Gasteiger partial charge in [-0.25, -0.2) is 0 Å². The number of nitrogens with zero attached hydrogens (tertiary/aromatic N) is 2. The number of carbonyl (C=O) groups excluding carboxylic acids is 1. The topological polar surface area (TPSA) is 82.5 Å². The maximum Gasteiger partial charge on any atom is 0.322 e. The molecule has 3 rings (SSSR count). The summed E-state index contributed by atoms with van der Waals surface area (Å²) in [6, 6.07) is 10.6. The predicted molar refractivity (Wildman–Crippen MR) is 114 cm³/mol. The number of hydrogen-bond acceptors (Lipinski definition) is 4. The molecule has 1 aliphatic carbocycles. The second-order valence-corrected chi connectivity index (χ2v) is 7.78. The minimum absolute atomic E-state index is 0.296. The lowest BCUT2D eigenvalue weighted by Crippen LogP contribution is -2.26. The van der Waals surface area contributed by atoms with Gasteiger partial charge in [-0.15, -0.1) is 0 Å². The van der Waals surface area contributed by atoms with E-state index in [4.69, 9.17) is 21.7 Å².